The predicted molar refractivity (Wildman–Crippen MR) is 89.5 cm³/mol. The maximum atomic E-state index is 6.36. The fraction of sp³-hybridized carbons (Fsp3) is 1.00. The van der Waals surface area contributed by atoms with E-state index in [1.165, 1.54) is 83.8 Å². The molecule has 0 amide bonds. The summed E-state index contributed by atoms with van der Waals surface area (Å²) in [5.74, 6) is 0. The number of rotatable bonds is 2. The third-order valence-corrected chi connectivity index (χ3v) is 6.46. The molecule has 0 aromatic heterocycles. The Morgan fingerprint density at radius 1 is 0.952 bits per heavy atom. The van der Waals surface area contributed by atoms with E-state index in [4.69, 9.17) is 5.73 Å². The highest BCUT2D eigenvalue weighted by Crippen LogP contribution is 2.36. The number of piperidine rings is 1. The van der Waals surface area contributed by atoms with Gasteiger partial charge in [0, 0.05) is 37.3 Å². The van der Waals surface area contributed by atoms with E-state index < -0.39 is 0 Å². The topological polar surface area (TPSA) is 32.5 Å². The van der Waals surface area contributed by atoms with Crippen molar-refractivity contribution in [3.05, 3.63) is 0 Å². The lowest BCUT2D eigenvalue weighted by molar-refractivity contribution is -0.0543. The van der Waals surface area contributed by atoms with E-state index in [-0.39, 0.29) is 0 Å². The van der Waals surface area contributed by atoms with E-state index >= 15 is 0 Å². The van der Waals surface area contributed by atoms with Crippen LogP contribution in [0.5, 0.6) is 0 Å². The summed E-state index contributed by atoms with van der Waals surface area (Å²) >= 11 is 0. The number of hydrogen-bond acceptors (Lipinski definition) is 3. The fourth-order valence-corrected chi connectivity index (χ4v) is 5.19. The highest BCUT2D eigenvalue weighted by Gasteiger charge is 2.43. The molecule has 3 rings (SSSR count). The van der Waals surface area contributed by atoms with Crippen LogP contribution in [-0.4, -0.2) is 53.6 Å². The molecule has 0 spiro atoms. The molecule has 3 aliphatic rings. The summed E-state index contributed by atoms with van der Waals surface area (Å²) in [7, 11) is 0. The van der Waals surface area contributed by atoms with Crippen molar-refractivity contribution >= 4 is 0 Å². The predicted octanol–water partition coefficient (Wildman–Crippen LogP) is 2.99. The zero-order valence-electron chi connectivity index (χ0n) is 14.0. The van der Waals surface area contributed by atoms with Crippen molar-refractivity contribution in [3.8, 4) is 0 Å². The fourth-order valence-electron chi connectivity index (χ4n) is 5.19. The molecule has 0 aromatic carbocycles. The Bertz CT molecular complexity index is 322. The molecule has 122 valence electrons. The molecule has 3 fully saturated rings. The molecule has 3 heteroatoms. The van der Waals surface area contributed by atoms with Gasteiger partial charge in [0.25, 0.3) is 0 Å². The molecular weight excluding hydrogens is 258 g/mol. The first-order valence-corrected chi connectivity index (χ1v) is 9.46. The van der Waals surface area contributed by atoms with Crippen LogP contribution < -0.4 is 5.73 Å². The molecule has 3 nitrogen and oxygen atoms in total. The number of nitrogens with two attached hydrogens (primary N) is 1. The minimum Gasteiger partial charge on any atom is -0.329 e. The SMILES string of the molecule is CC1CN2CCCCC2CN1C1(CN)CCCCCCC1. The number of fused-ring (bicyclic) bond motifs is 1. The Labute approximate surface area is 131 Å². The zero-order valence-corrected chi connectivity index (χ0v) is 14.0. The van der Waals surface area contributed by atoms with Crippen LogP contribution in [0.25, 0.3) is 0 Å². The summed E-state index contributed by atoms with van der Waals surface area (Å²) in [4.78, 5) is 5.61. The van der Waals surface area contributed by atoms with Crippen molar-refractivity contribution < 1.29 is 0 Å². The van der Waals surface area contributed by atoms with E-state index in [9.17, 15) is 0 Å². The van der Waals surface area contributed by atoms with Gasteiger partial charge in [-0.1, -0.05) is 38.5 Å². The van der Waals surface area contributed by atoms with Crippen molar-refractivity contribution in [2.24, 2.45) is 5.73 Å². The number of piperazine rings is 1. The van der Waals surface area contributed by atoms with Gasteiger partial charge >= 0.3 is 0 Å². The van der Waals surface area contributed by atoms with Crippen LogP contribution in [0.1, 0.15) is 71.1 Å². The van der Waals surface area contributed by atoms with E-state index in [1.807, 2.05) is 0 Å². The van der Waals surface area contributed by atoms with Gasteiger partial charge in [0.2, 0.25) is 0 Å². The Kier molecular flexibility index (Phi) is 5.23. The monoisotopic (exact) mass is 293 g/mol. The van der Waals surface area contributed by atoms with Gasteiger partial charge < -0.3 is 5.73 Å². The van der Waals surface area contributed by atoms with Gasteiger partial charge in [-0.15, -0.1) is 0 Å². The van der Waals surface area contributed by atoms with Gasteiger partial charge in [0.15, 0.2) is 0 Å². The second kappa shape index (κ2) is 6.97. The Morgan fingerprint density at radius 2 is 1.67 bits per heavy atom. The highest BCUT2D eigenvalue weighted by atomic mass is 15.3. The minimum atomic E-state index is 0.309. The van der Waals surface area contributed by atoms with E-state index in [2.05, 4.69) is 16.7 Å². The van der Waals surface area contributed by atoms with Crippen LogP contribution in [-0.2, 0) is 0 Å². The first-order valence-electron chi connectivity index (χ1n) is 9.46. The first kappa shape index (κ1) is 15.8. The molecular formula is C18H35N3. The van der Waals surface area contributed by atoms with E-state index in [0.29, 0.717) is 11.6 Å². The molecule has 2 aliphatic heterocycles. The Hall–Kier alpha value is -0.120. The zero-order chi connectivity index (χ0) is 14.7. The molecule has 2 saturated heterocycles. The molecule has 0 aromatic rings. The molecule has 21 heavy (non-hydrogen) atoms. The van der Waals surface area contributed by atoms with Crippen molar-refractivity contribution in [1.82, 2.24) is 9.80 Å². The normalized spacial score (nSPS) is 35.7. The highest BCUT2D eigenvalue weighted by molar-refractivity contribution is 5.00. The molecule has 0 bridgehead atoms. The van der Waals surface area contributed by atoms with Crippen LogP contribution in [0.2, 0.25) is 0 Å². The third-order valence-electron chi connectivity index (χ3n) is 6.46. The second-order valence-electron chi connectivity index (χ2n) is 7.84. The molecule has 0 radical (unpaired) electrons. The van der Waals surface area contributed by atoms with Crippen molar-refractivity contribution in [2.45, 2.75) is 88.8 Å². The van der Waals surface area contributed by atoms with Crippen LogP contribution in [0.3, 0.4) is 0 Å². The average Bonchev–Trinajstić information content (AvgIpc) is 2.47. The summed E-state index contributed by atoms with van der Waals surface area (Å²) in [6, 6.07) is 1.49. The largest absolute Gasteiger partial charge is 0.329 e. The molecule has 1 saturated carbocycles. The molecule has 2 N–H and O–H groups in total. The van der Waals surface area contributed by atoms with Gasteiger partial charge in [-0.05, 0) is 39.2 Å². The van der Waals surface area contributed by atoms with Gasteiger partial charge in [0.1, 0.15) is 0 Å². The van der Waals surface area contributed by atoms with Gasteiger partial charge in [-0.2, -0.15) is 0 Å². The Morgan fingerprint density at radius 3 is 2.38 bits per heavy atom. The summed E-state index contributed by atoms with van der Waals surface area (Å²) in [5.41, 5.74) is 6.67. The quantitative estimate of drug-likeness (QED) is 0.849. The summed E-state index contributed by atoms with van der Waals surface area (Å²) in [5, 5.41) is 0. The van der Waals surface area contributed by atoms with E-state index in [1.54, 1.807) is 0 Å². The maximum Gasteiger partial charge on any atom is 0.0335 e. The summed E-state index contributed by atoms with van der Waals surface area (Å²) in [6.45, 7) is 7.19. The second-order valence-corrected chi connectivity index (χ2v) is 7.84. The van der Waals surface area contributed by atoms with Crippen molar-refractivity contribution in [2.75, 3.05) is 26.2 Å². The molecule has 2 heterocycles. The Balaban J connectivity index is 1.74. The average molecular weight is 293 g/mol. The van der Waals surface area contributed by atoms with Gasteiger partial charge in [0.05, 0.1) is 0 Å². The lowest BCUT2D eigenvalue weighted by atomic mass is 9.80. The molecule has 2 unspecified atom stereocenters. The molecule has 2 atom stereocenters. The third kappa shape index (κ3) is 3.30. The lowest BCUT2D eigenvalue weighted by Gasteiger charge is -2.55. The van der Waals surface area contributed by atoms with Gasteiger partial charge in [-0.25, -0.2) is 0 Å². The lowest BCUT2D eigenvalue weighted by Crippen LogP contribution is -2.67. The smallest absolute Gasteiger partial charge is 0.0335 e. The van der Waals surface area contributed by atoms with Crippen LogP contribution >= 0.6 is 0 Å². The number of hydrogen-bond donors (Lipinski definition) is 1. The maximum absolute atomic E-state index is 6.36. The standard InChI is InChI=1S/C18H35N3/c1-16-13-20-12-8-5-9-17(20)14-21(16)18(15-19)10-6-3-2-4-7-11-18/h16-17H,2-15,19H2,1H3. The minimum absolute atomic E-state index is 0.309. The van der Waals surface area contributed by atoms with Crippen molar-refractivity contribution in [3.63, 3.8) is 0 Å². The molecule has 1 aliphatic carbocycles. The van der Waals surface area contributed by atoms with Crippen LogP contribution in [0.4, 0.5) is 0 Å². The first-order chi connectivity index (χ1) is 10.2. The number of nitrogens with zero attached hydrogens (tertiary/aromatic N) is 2. The van der Waals surface area contributed by atoms with Gasteiger partial charge in [-0.3, -0.25) is 9.80 Å². The summed E-state index contributed by atoms with van der Waals surface area (Å²) in [6.07, 6.45) is 13.9. The van der Waals surface area contributed by atoms with Crippen molar-refractivity contribution in [1.29, 1.82) is 0 Å². The van der Waals surface area contributed by atoms with Crippen LogP contribution in [0.15, 0.2) is 0 Å². The summed E-state index contributed by atoms with van der Waals surface area (Å²) < 4.78 is 0. The van der Waals surface area contributed by atoms with Crippen LogP contribution in [0, 0.1) is 0 Å². The van der Waals surface area contributed by atoms with E-state index in [0.717, 1.165) is 12.6 Å².